The maximum absolute atomic E-state index is 11.9. The van der Waals surface area contributed by atoms with Gasteiger partial charge < -0.3 is 10.1 Å². The molecule has 1 N–H and O–H groups in total. The minimum atomic E-state index is -0.471. The van der Waals surface area contributed by atoms with Crippen molar-refractivity contribution in [2.24, 2.45) is 0 Å². The largest absolute Gasteiger partial charge is 0.494 e. The summed E-state index contributed by atoms with van der Waals surface area (Å²) < 4.78 is 5.35. The van der Waals surface area contributed by atoms with Crippen molar-refractivity contribution >= 4 is 23.4 Å². The van der Waals surface area contributed by atoms with Crippen LogP contribution in [0.3, 0.4) is 0 Å². The van der Waals surface area contributed by atoms with Crippen LogP contribution in [0.5, 0.6) is 5.75 Å². The Balaban J connectivity index is 2.02. The van der Waals surface area contributed by atoms with Crippen molar-refractivity contribution in [2.45, 2.75) is 13.8 Å². The van der Waals surface area contributed by atoms with E-state index in [2.05, 4.69) is 5.32 Å². The quantitative estimate of drug-likeness (QED) is 0.495. The van der Waals surface area contributed by atoms with Crippen LogP contribution in [0, 0.1) is 17.0 Å². The highest BCUT2D eigenvalue weighted by Crippen LogP contribution is 2.22. The maximum atomic E-state index is 11.9. The minimum absolute atomic E-state index is 0.0247. The van der Waals surface area contributed by atoms with Crippen LogP contribution in [-0.4, -0.2) is 17.4 Å². The number of nitrogens with zero attached hydrogens (tertiary/aromatic N) is 1. The van der Waals surface area contributed by atoms with Crippen LogP contribution in [0.15, 0.2) is 48.5 Å². The van der Waals surface area contributed by atoms with Gasteiger partial charge in [0.15, 0.2) is 0 Å². The topological polar surface area (TPSA) is 81.5 Å². The van der Waals surface area contributed by atoms with Gasteiger partial charge in [0.25, 0.3) is 5.69 Å². The van der Waals surface area contributed by atoms with Crippen LogP contribution < -0.4 is 10.1 Å². The molecular formula is C18H18N2O4. The Hall–Kier alpha value is -3.15. The van der Waals surface area contributed by atoms with Gasteiger partial charge in [0, 0.05) is 23.4 Å². The van der Waals surface area contributed by atoms with Crippen molar-refractivity contribution in [2.75, 3.05) is 11.9 Å². The van der Waals surface area contributed by atoms with E-state index in [1.807, 2.05) is 31.2 Å². The predicted molar refractivity (Wildman–Crippen MR) is 93.1 cm³/mol. The number of carbonyl (C=O) groups excluding carboxylic acids is 1. The first kappa shape index (κ1) is 17.2. The molecule has 0 fully saturated rings. The average Bonchev–Trinajstić information content (AvgIpc) is 2.56. The van der Waals surface area contributed by atoms with Gasteiger partial charge in [0.1, 0.15) is 5.75 Å². The molecule has 0 bridgehead atoms. The lowest BCUT2D eigenvalue weighted by atomic mass is 10.2. The zero-order chi connectivity index (χ0) is 17.5. The Morgan fingerprint density at radius 1 is 1.25 bits per heavy atom. The predicted octanol–water partition coefficient (Wildman–Crippen LogP) is 3.95. The van der Waals surface area contributed by atoms with Crippen LogP contribution in [-0.2, 0) is 4.79 Å². The summed E-state index contributed by atoms with van der Waals surface area (Å²) in [6.07, 6.45) is 3.04. The Labute approximate surface area is 139 Å². The number of rotatable bonds is 6. The zero-order valence-corrected chi connectivity index (χ0v) is 13.5. The molecule has 0 saturated heterocycles. The van der Waals surface area contributed by atoms with Crippen LogP contribution in [0.4, 0.5) is 11.4 Å². The minimum Gasteiger partial charge on any atom is -0.494 e. The van der Waals surface area contributed by atoms with Crippen molar-refractivity contribution in [3.8, 4) is 5.75 Å². The fourth-order valence-electron chi connectivity index (χ4n) is 2.08. The number of carbonyl (C=O) groups is 1. The van der Waals surface area contributed by atoms with Crippen molar-refractivity contribution in [1.82, 2.24) is 0 Å². The summed E-state index contributed by atoms with van der Waals surface area (Å²) >= 11 is 0. The van der Waals surface area contributed by atoms with Crippen molar-refractivity contribution in [1.29, 1.82) is 0 Å². The number of amides is 1. The number of aryl methyl sites for hydroxylation is 1. The number of nitro benzene ring substituents is 1. The second-order valence-corrected chi connectivity index (χ2v) is 5.08. The maximum Gasteiger partial charge on any atom is 0.274 e. The smallest absolute Gasteiger partial charge is 0.274 e. The molecular weight excluding hydrogens is 308 g/mol. The molecule has 2 aromatic carbocycles. The van der Waals surface area contributed by atoms with E-state index in [1.165, 1.54) is 12.1 Å². The molecule has 0 spiro atoms. The number of ether oxygens (including phenoxy) is 1. The second kappa shape index (κ2) is 7.92. The van der Waals surface area contributed by atoms with Gasteiger partial charge in [-0.2, -0.15) is 0 Å². The van der Waals surface area contributed by atoms with Crippen molar-refractivity contribution in [3.05, 3.63) is 69.8 Å². The summed E-state index contributed by atoms with van der Waals surface area (Å²) in [6.45, 7) is 4.16. The second-order valence-electron chi connectivity index (χ2n) is 5.08. The number of hydrogen-bond acceptors (Lipinski definition) is 4. The Kier molecular flexibility index (Phi) is 5.68. The molecule has 0 saturated carbocycles. The molecule has 0 aliphatic heterocycles. The third kappa shape index (κ3) is 4.67. The molecule has 6 heteroatoms. The first-order valence-corrected chi connectivity index (χ1v) is 7.46. The van der Waals surface area contributed by atoms with Gasteiger partial charge in [-0.05, 0) is 43.7 Å². The Morgan fingerprint density at radius 3 is 2.58 bits per heavy atom. The van der Waals surface area contributed by atoms with Gasteiger partial charge in [-0.25, -0.2) is 0 Å². The zero-order valence-electron chi connectivity index (χ0n) is 13.5. The van der Waals surface area contributed by atoms with E-state index in [4.69, 9.17) is 4.74 Å². The van der Waals surface area contributed by atoms with Crippen LogP contribution in [0.1, 0.15) is 18.1 Å². The molecule has 0 heterocycles. The van der Waals surface area contributed by atoms with E-state index in [-0.39, 0.29) is 11.6 Å². The molecule has 0 radical (unpaired) electrons. The highest BCUT2D eigenvalue weighted by Gasteiger charge is 2.11. The summed E-state index contributed by atoms with van der Waals surface area (Å²) in [5, 5.41) is 13.5. The van der Waals surface area contributed by atoms with Gasteiger partial charge in [-0.15, -0.1) is 0 Å². The molecule has 2 aromatic rings. The summed E-state index contributed by atoms with van der Waals surface area (Å²) in [5.74, 6) is 0.410. The van der Waals surface area contributed by atoms with Gasteiger partial charge in [-0.3, -0.25) is 14.9 Å². The van der Waals surface area contributed by atoms with Gasteiger partial charge >= 0.3 is 0 Å². The normalized spacial score (nSPS) is 10.6. The Bertz CT molecular complexity index is 767. The van der Waals surface area contributed by atoms with Gasteiger partial charge in [0.2, 0.25) is 5.91 Å². The standard InChI is InChI=1S/C18H18N2O4/c1-3-24-16-9-5-14(6-10-16)7-11-18(21)19-15-8-4-13(2)17(12-15)20(22)23/h4-12H,3H2,1-2H3,(H,19,21)/b11-7+. The molecule has 0 aromatic heterocycles. The van der Waals surface area contributed by atoms with Crippen LogP contribution in [0.2, 0.25) is 0 Å². The lowest BCUT2D eigenvalue weighted by Gasteiger charge is -2.04. The van der Waals surface area contributed by atoms with Gasteiger partial charge in [-0.1, -0.05) is 18.2 Å². The molecule has 0 atom stereocenters. The third-order valence-corrected chi connectivity index (χ3v) is 3.29. The number of nitrogens with one attached hydrogen (secondary N) is 1. The monoisotopic (exact) mass is 326 g/mol. The fraction of sp³-hybridized carbons (Fsp3) is 0.167. The van der Waals surface area contributed by atoms with Crippen LogP contribution in [0.25, 0.3) is 6.08 Å². The molecule has 0 aliphatic carbocycles. The highest BCUT2D eigenvalue weighted by molar-refractivity contribution is 6.02. The fourth-order valence-corrected chi connectivity index (χ4v) is 2.08. The van der Waals surface area contributed by atoms with E-state index < -0.39 is 4.92 Å². The van der Waals surface area contributed by atoms with E-state index in [0.717, 1.165) is 11.3 Å². The summed E-state index contributed by atoms with van der Waals surface area (Å²) in [7, 11) is 0. The van der Waals surface area contributed by atoms with Crippen LogP contribution >= 0.6 is 0 Å². The molecule has 6 nitrogen and oxygen atoms in total. The number of anilines is 1. The first-order valence-electron chi connectivity index (χ1n) is 7.46. The lowest BCUT2D eigenvalue weighted by Crippen LogP contribution is -2.08. The first-order chi connectivity index (χ1) is 11.5. The van der Waals surface area contributed by atoms with E-state index in [1.54, 1.807) is 25.1 Å². The summed E-state index contributed by atoms with van der Waals surface area (Å²) in [5.41, 5.74) is 1.75. The Morgan fingerprint density at radius 2 is 1.96 bits per heavy atom. The average molecular weight is 326 g/mol. The number of hydrogen-bond donors (Lipinski definition) is 1. The molecule has 24 heavy (non-hydrogen) atoms. The van der Waals surface area contributed by atoms with Crippen molar-refractivity contribution in [3.63, 3.8) is 0 Å². The van der Waals surface area contributed by atoms with E-state index in [0.29, 0.717) is 17.9 Å². The SMILES string of the molecule is CCOc1ccc(/C=C/C(=O)Nc2ccc(C)c([N+](=O)[O-])c2)cc1. The molecule has 124 valence electrons. The summed E-state index contributed by atoms with van der Waals surface area (Å²) in [6, 6.07) is 11.9. The molecule has 2 rings (SSSR count). The lowest BCUT2D eigenvalue weighted by molar-refractivity contribution is -0.385. The molecule has 0 aliphatic rings. The third-order valence-electron chi connectivity index (χ3n) is 3.29. The van der Waals surface area contributed by atoms with E-state index >= 15 is 0 Å². The van der Waals surface area contributed by atoms with Crippen molar-refractivity contribution < 1.29 is 14.5 Å². The molecule has 0 unspecified atom stereocenters. The number of nitro groups is 1. The molecule has 1 amide bonds. The van der Waals surface area contributed by atoms with Gasteiger partial charge in [0.05, 0.1) is 11.5 Å². The van der Waals surface area contributed by atoms with E-state index in [9.17, 15) is 14.9 Å². The summed E-state index contributed by atoms with van der Waals surface area (Å²) in [4.78, 5) is 22.4. The number of benzene rings is 2. The highest BCUT2D eigenvalue weighted by atomic mass is 16.6.